The predicted octanol–water partition coefficient (Wildman–Crippen LogP) is 1.41. The molecule has 0 spiro atoms. The predicted molar refractivity (Wildman–Crippen MR) is 93.2 cm³/mol. The normalized spacial score (nSPS) is 25.6. The molecule has 3 rings (SSSR count). The van der Waals surface area contributed by atoms with Gasteiger partial charge in [-0.25, -0.2) is 0 Å². The zero-order valence-corrected chi connectivity index (χ0v) is 14.9. The van der Waals surface area contributed by atoms with E-state index >= 15 is 0 Å². The first kappa shape index (κ1) is 17.7. The molecule has 1 aromatic carbocycles. The second kappa shape index (κ2) is 7.44. The van der Waals surface area contributed by atoms with Crippen LogP contribution in [0.25, 0.3) is 0 Å². The molecule has 2 saturated heterocycles. The van der Waals surface area contributed by atoms with Crippen molar-refractivity contribution in [2.75, 3.05) is 46.5 Å². The molecule has 6 heteroatoms. The third-order valence-corrected chi connectivity index (χ3v) is 5.47. The molecule has 25 heavy (non-hydrogen) atoms. The van der Waals surface area contributed by atoms with Crippen LogP contribution >= 0.6 is 0 Å². The van der Waals surface area contributed by atoms with E-state index < -0.39 is 0 Å². The Kier molecular flexibility index (Phi) is 5.27. The largest absolute Gasteiger partial charge is 0.484 e. The van der Waals surface area contributed by atoms with Gasteiger partial charge in [0.1, 0.15) is 5.75 Å². The minimum atomic E-state index is -0.0303. The highest BCUT2D eigenvalue weighted by Gasteiger charge is 2.50. The maximum atomic E-state index is 12.5. The highest BCUT2D eigenvalue weighted by atomic mass is 16.5. The number of piperidine rings is 1. The first-order valence-electron chi connectivity index (χ1n) is 8.74. The first-order chi connectivity index (χ1) is 12.0. The van der Waals surface area contributed by atoms with Crippen molar-refractivity contribution in [3.63, 3.8) is 0 Å². The van der Waals surface area contributed by atoms with Gasteiger partial charge >= 0.3 is 0 Å². The lowest BCUT2D eigenvalue weighted by molar-refractivity contribution is -0.138. The second-order valence-electron chi connectivity index (χ2n) is 7.08. The van der Waals surface area contributed by atoms with Crippen LogP contribution in [0.15, 0.2) is 30.3 Å². The molecule has 0 radical (unpaired) electrons. The molecule has 2 atom stereocenters. The number of carbonyl (C=O) groups is 2. The highest BCUT2D eigenvalue weighted by molar-refractivity contribution is 5.78. The monoisotopic (exact) mass is 346 g/mol. The van der Waals surface area contributed by atoms with Crippen LogP contribution in [0.3, 0.4) is 0 Å². The minimum Gasteiger partial charge on any atom is -0.484 e. The molecule has 6 nitrogen and oxygen atoms in total. The van der Waals surface area contributed by atoms with Crippen LogP contribution in [0.1, 0.15) is 13.3 Å². The van der Waals surface area contributed by atoms with Gasteiger partial charge in [-0.05, 0) is 18.6 Å². The summed E-state index contributed by atoms with van der Waals surface area (Å²) in [5.74, 6) is 1.04. The smallest absolute Gasteiger partial charge is 0.260 e. The molecule has 2 heterocycles. The lowest BCUT2D eigenvalue weighted by atomic mass is 9.73. The Bertz CT molecular complexity index is 621. The summed E-state index contributed by atoms with van der Waals surface area (Å²) in [7, 11) is 1.70. The van der Waals surface area contributed by atoms with Gasteiger partial charge in [-0.15, -0.1) is 0 Å². The number of para-hydroxylation sites is 1. The number of rotatable bonds is 5. The number of fused-ring (bicyclic) bond motifs is 1. The first-order valence-corrected chi connectivity index (χ1v) is 8.74. The Morgan fingerprint density at radius 1 is 1.20 bits per heavy atom. The number of hydrogen-bond acceptors (Lipinski definition) is 4. The molecule has 0 aromatic heterocycles. The van der Waals surface area contributed by atoms with Crippen LogP contribution in [0.4, 0.5) is 0 Å². The fraction of sp³-hybridized carbons (Fsp3) is 0.579. The summed E-state index contributed by atoms with van der Waals surface area (Å²) >= 11 is 0. The molecule has 0 saturated carbocycles. The third kappa shape index (κ3) is 3.79. The molecule has 1 aromatic rings. The topological polar surface area (TPSA) is 59.1 Å². The summed E-state index contributed by atoms with van der Waals surface area (Å²) in [5, 5.41) is 0. The van der Waals surface area contributed by atoms with E-state index in [1.54, 1.807) is 14.0 Å². The SMILES string of the molecule is COC[C@@]12CCN(C(=O)COc3ccccc3)C[C@@H]1CN(C(C)=O)C2. The average Bonchev–Trinajstić information content (AvgIpc) is 2.99. The van der Waals surface area contributed by atoms with Crippen LogP contribution in [-0.4, -0.2) is 68.1 Å². The van der Waals surface area contributed by atoms with Crippen LogP contribution in [0.5, 0.6) is 5.75 Å². The molecule has 0 bridgehead atoms. The molecule has 2 fully saturated rings. The van der Waals surface area contributed by atoms with Crippen LogP contribution < -0.4 is 4.74 Å². The zero-order chi connectivity index (χ0) is 17.9. The number of amides is 2. The van der Waals surface area contributed by atoms with Crippen molar-refractivity contribution in [3.05, 3.63) is 30.3 Å². The van der Waals surface area contributed by atoms with Gasteiger partial charge in [0.15, 0.2) is 6.61 Å². The van der Waals surface area contributed by atoms with Gasteiger partial charge in [0, 0.05) is 51.5 Å². The van der Waals surface area contributed by atoms with E-state index in [9.17, 15) is 9.59 Å². The van der Waals surface area contributed by atoms with Crippen molar-refractivity contribution in [1.29, 1.82) is 0 Å². The molecule has 0 N–H and O–H groups in total. The molecule has 136 valence electrons. The van der Waals surface area contributed by atoms with E-state index in [2.05, 4.69) is 0 Å². The van der Waals surface area contributed by atoms with Crippen molar-refractivity contribution in [3.8, 4) is 5.75 Å². The maximum Gasteiger partial charge on any atom is 0.260 e. The van der Waals surface area contributed by atoms with Crippen molar-refractivity contribution in [2.45, 2.75) is 13.3 Å². The summed E-state index contributed by atoms with van der Waals surface area (Å²) < 4.78 is 11.0. The second-order valence-corrected chi connectivity index (χ2v) is 7.08. The summed E-state index contributed by atoms with van der Waals surface area (Å²) in [5.41, 5.74) is -0.0303. The number of methoxy groups -OCH3 is 1. The Labute approximate surface area is 148 Å². The lowest BCUT2D eigenvalue weighted by Crippen LogP contribution is -2.51. The zero-order valence-electron chi connectivity index (χ0n) is 14.9. The van der Waals surface area contributed by atoms with Crippen molar-refractivity contribution >= 4 is 11.8 Å². The fourth-order valence-electron chi connectivity index (χ4n) is 4.03. The van der Waals surface area contributed by atoms with E-state index in [4.69, 9.17) is 9.47 Å². The fourth-order valence-corrected chi connectivity index (χ4v) is 4.03. The van der Waals surface area contributed by atoms with Gasteiger partial charge in [0.2, 0.25) is 5.91 Å². The summed E-state index contributed by atoms with van der Waals surface area (Å²) in [6.07, 6.45) is 0.854. The Morgan fingerprint density at radius 3 is 2.60 bits per heavy atom. The van der Waals surface area contributed by atoms with Crippen LogP contribution in [-0.2, 0) is 14.3 Å². The molecule has 2 aliphatic heterocycles. The number of hydrogen-bond donors (Lipinski definition) is 0. The van der Waals surface area contributed by atoms with Crippen molar-refractivity contribution in [2.24, 2.45) is 11.3 Å². The summed E-state index contributed by atoms with van der Waals surface area (Å²) in [4.78, 5) is 28.1. The van der Waals surface area contributed by atoms with Gasteiger partial charge in [0.25, 0.3) is 5.91 Å². The van der Waals surface area contributed by atoms with Crippen molar-refractivity contribution < 1.29 is 19.1 Å². The highest BCUT2D eigenvalue weighted by Crippen LogP contribution is 2.43. The quantitative estimate of drug-likeness (QED) is 0.809. The molecule has 0 aliphatic carbocycles. The maximum absolute atomic E-state index is 12.5. The average molecular weight is 346 g/mol. The van der Waals surface area contributed by atoms with E-state index in [-0.39, 0.29) is 29.8 Å². The molecular formula is C19H26N2O4. The van der Waals surface area contributed by atoms with Crippen LogP contribution in [0, 0.1) is 11.3 Å². The van der Waals surface area contributed by atoms with E-state index in [0.717, 1.165) is 13.0 Å². The standard InChI is InChI=1S/C19H26N2O4/c1-15(22)21-11-16-10-20(9-8-19(16,13-21)14-24-2)18(23)12-25-17-6-4-3-5-7-17/h3-7,16H,8-14H2,1-2H3/t16-,19+/m1/s1. The lowest BCUT2D eigenvalue weighted by Gasteiger charge is -2.42. The van der Waals surface area contributed by atoms with E-state index in [1.165, 1.54) is 0 Å². The number of ether oxygens (including phenoxy) is 2. The van der Waals surface area contributed by atoms with Crippen LogP contribution in [0.2, 0.25) is 0 Å². The Balaban J connectivity index is 1.61. The molecule has 0 unspecified atom stereocenters. The van der Waals surface area contributed by atoms with Gasteiger partial charge in [0.05, 0.1) is 6.61 Å². The van der Waals surface area contributed by atoms with E-state index in [1.807, 2.05) is 40.1 Å². The Morgan fingerprint density at radius 2 is 1.92 bits per heavy atom. The summed E-state index contributed by atoms with van der Waals surface area (Å²) in [6.45, 7) is 5.04. The number of carbonyl (C=O) groups excluding carboxylic acids is 2. The minimum absolute atomic E-state index is 0.00357. The molecule has 2 aliphatic rings. The van der Waals surface area contributed by atoms with Crippen molar-refractivity contribution in [1.82, 2.24) is 9.80 Å². The number of benzene rings is 1. The summed E-state index contributed by atoms with van der Waals surface area (Å²) in [6, 6.07) is 9.36. The van der Waals surface area contributed by atoms with Gasteiger partial charge in [-0.2, -0.15) is 0 Å². The molecular weight excluding hydrogens is 320 g/mol. The third-order valence-electron chi connectivity index (χ3n) is 5.47. The molecule has 2 amide bonds. The number of likely N-dealkylation sites (tertiary alicyclic amines) is 2. The van der Waals surface area contributed by atoms with E-state index in [0.29, 0.717) is 32.0 Å². The van der Waals surface area contributed by atoms with Gasteiger partial charge in [-0.1, -0.05) is 18.2 Å². The van der Waals surface area contributed by atoms with Gasteiger partial charge in [-0.3, -0.25) is 9.59 Å². The Hall–Kier alpha value is -2.08. The van der Waals surface area contributed by atoms with Gasteiger partial charge < -0.3 is 19.3 Å². The number of nitrogens with zero attached hydrogens (tertiary/aromatic N) is 2.